The van der Waals surface area contributed by atoms with Gasteiger partial charge in [-0.3, -0.25) is 0 Å². The Balaban J connectivity index is 2.20. The molecule has 0 bridgehead atoms. The van der Waals surface area contributed by atoms with E-state index in [1.54, 1.807) is 0 Å². The van der Waals surface area contributed by atoms with Crippen LogP contribution in [-0.2, 0) is 0 Å². The van der Waals surface area contributed by atoms with Gasteiger partial charge < -0.3 is 20.8 Å². The summed E-state index contributed by atoms with van der Waals surface area (Å²) in [6.45, 7) is 0.729. The molecule has 0 atom stereocenters. The van der Waals surface area contributed by atoms with E-state index >= 15 is 0 Å². The van der Waals surface area contributed by atoms with Crippen LogP contribution in [0.5, 0.6) is 0 Å². The van der Waals surface area contributed by atoms with Crippen LogP contribution in [0.2, 0.25) is 0 Å². The fourth-order valence-electron chi connectivity index (χ4n) is 0.263. The van der Waals surface area contributed by atoms with E-state index in [0.717, 1.165) is 0 Å². The minimum absolute atomic E-state index is 0.365. The second-order valence-corrected chi connectivity index (χ2v) is 1.15. The van der Waals surface area contributed by atoms with Crippen LogP contribution < -0.4 is 0 Å². The molecule has 1 aliphatic heterocycles. The first kappa shape index (κ1) is 4.01. The Morgan fingerprint density at radius 1 is 1.00 bits per heavy atom. The van der Waals surface area contributed by atoms with Crippen LogP contribution in [0.3, 0.4) is 0 Å². The van der Waals surface area contributed by atoms with E-state index in [-0.39, 0.29) is 0 Å². The molecule has 0 radical (unpaired) electrons. The van der Waals surface area contributed by atoms with Gasteiger partial charge in [0.1, 0.15) is 0 Å². The average molecular weight is 88.1 g/mol. The second kappa shape index (κ2) is 1.16. The minimum atomic E-state index is 0.365. The lowest BCUT2D eigenvalue weighted by atomic mass is 10.6. The topological polar surface area (TPSA) is 52.6 Å². The Morgan fingerprint density at radius 2 is 1.33 bits per heavy atom. The maximum Gasteiger partial charge on any atom is 0.0118 e. The van der Waals surface area contributed by atoms with Crippen molar-refractivity contribution in [3.05, 3.63) is 10.4 Å². The molecule has 36 valence electrons. The van der Waals surface area contributed by atoms with Gasteiger partial charge in [-0.2, -0.15) is 0 Å². The Hall–Kier alpha value is -0.160. The van der Waals surface area contributed by atoms with Crippen molar-refractivity contribution >= 4 is 0 Å². The fourth-order valence-corrected chi connectivity index (χ4v) is 0.263. The molecule has 4 heteroatoms. The lowest BCUT2D eigenvalue weighted by Gasteiger charge is -2.54. The molecule has 4 nitrogen and oxygen atoms in total. The van der Waals surface area contributed by atoms with Crippen LogP contribution in [0.4, 0.5) is 0 Å². The summed E-state index contributed by atoms with van der Waals surface area (Å²) in [7, 11) is 0. The Morgan fingerprint density at radius 3 is 1.33 bits per heavy atom. The summed E-state index contributed by atoms with van der Waals surface area (Å²) in [6.07, 6.45) is 0. The number of nitrogens with zero attached hydrogens (tertiary/aromatic N) is 2. The quantitative estimate of drug-likeness (QED) is 0.401. The summed E-state index contributed by atoms with van der Waals surface area (Å²) >= 11 is 0. The summed E-state index contributed by atoms with van der Waals surface area (Å²) in [5.74, 6) is 0. The zero-order valence-electron chi connectivity index (χ0n) is 3.13. The molecule has 0 spiro atoms. The summed E-state index contributed by atoms with van der Waals surface area (Å²) < 4.78 is 0. The first-order chi connectivity index (χ1) is 2.80. The highest BCUT2D eigenvalue weighted by atomic mass is 16.7. The predicted molar refractivity (Wildman–Crippen MR) is 20.1 cm³/mol. The van der Waals surface area contributed by atoms with Crippen molar-refractivity contribution in [2.75, 3.05) is 13.1 Å². The van der Waals surface area contributed by atoms with Gasteiger partial charge in [-0.05, 0) is 0 Å². The highest BCUT2D eigenvalue weighted by Gasteiger charge is 2.02. The number of hydrogen-bond acceptors (Lipinski definition) is 4. The van der Waals surface area contributed by atoms with Gasteiger partial charge in [-0.15, -0.1) is 0 Å². The maximum absolute atomic E-state index is 9.76. The van der Waals surface area contributed by atoms with Crippen molar-refractivity contribution in [1.82, 2.24) is 10.3 Å². The third kappa shape index (κ3) is 0.396. The molecule has 1 heterocycles. The smallest absolute Gasteiger partial charge is 0.0118 e. The van der Waals surface area contributed by atoms with E-state index in [1.807, 2.05) is 0 Å². The molecule has 0 amide bonds. The van der Waals surface area contributed by atoms with Gasteiger partial charge >= 0.3 is 0 Å². The Bertz CT molecular complexity index is 49.5. The third-order valence-electron chi connectivity index (χ3n) is 0.731. The number of hydroxylamine groups is 2. The number of hydrazine groups is 1. The first-order valence-corrected chi connectivity index (χ1v) is 1.70. The van der Waals surface area contributed by atoms with Crippen molar-refractivity contribution in [1.29, 1.82) is 0 Å². The van der Waals surface area contributed by atoms with E-state index < -0.39 is 0 Å². The van der Waals surface area contributed by atoms with Crippen molar-refractivity contribution < 1.29 is 0 Å². The molecule has 1 rings (SSSR count). The van der Waals surface area contributed by atoms with Gasteiger partial charge in [-0.1, -0.05) is 0 Å². The lowest BCUT2D eigenvalue weighted by molar-refractivity contribution is -0.0190. The van der Waals surface area contributed by atoms with Crippen molar-refractivity contribution in [3.8, 4) is 0 Å². The molecular formula is C2H4N2O2-2. The fraction of sp³-hybridized carbons (Fsp3) is 1.00. The van der Waals surface area contributed by atoms with Gasteiger partial charge in [0.05, 0.1) is 0 Å². The van der Waals surface area contributed by atoms with Gasteiger partial charge in [0, 0.05) is 13.1 Å². The maximum atomic E-state index is 9.76. The third-order valence-corrected chi connectivity index (χ3v) is 0.731. The summed E-state index contributed by atoms with van der Waals surface area (Å²) in [5.41, 5.74) is 0. The van der Waals surface area contributed by atoms with Gasteiger partial charge in [0.2, 0.25) is 0 Å². The lowest BCUT2D eigenvalue weighted by Crippen LogP contribution is -2.49. The molecular weight excluding hydrogens is 84.0 g/mol. The number of rotatable bonds is 0. The predicted octanol–water partition coefficient (Wildman–Crippen LogP) is -0.485. The SMILES string of the molecule is [O-]N1CCN1[O-]. The molecule has 0 saturated carbocycles. The van der Waals surface area contributed by atoms with E-state index in [0.29, 0.717) is 23.4 Å². The molecule has 6 heavy (non-hydrogen) atoms. The Kier molecular flexibility index (Phi) is 0.776. The van der Waals surface area contributed by atoms with E-state index in [2.05, 4.69) is 0 Å². The van der Waals surface area contributed by atoms with E-state index in [4.69, 9.17) is 0 Å². The van der Waals surface area contributed by atoms with Crippen molar-refractivity contribution in [2.45, 2.75) is 0 Å². The zero-order valence-corrected chi connectivity index (χ0v) is 3.13. The average Bonchev–Trinajstić information content (AvgIpc) is 1.61. The molecule has 1 saturated heterocycles. The highest BCUT2D eigenvalue weighted by molar-refractivity contribution is 4.68. The van der Waals surface area contributed by atoms with Gasteiger partial charge in [-0.25, -0.2) is 0 Å². The standard InChI is InChI=1S/C2H4N2O2/c5-3-1-2-4(3)6/h1-2H2/q-2. The van der Waals surface area contributed by atoms with Crippen LogP contribution in [0.25, 0.3) is 0 Å². The monoisotopic (exact) mass is 88.0 g/mol. The largest absolute Gasteiger partial charge is 0.772 e. The van der Waals surface area contributed by atoms with Gasteiger partial charge in [0.25, 0.3) is 0 Å². The molecule has 0 N–H and O–H groups in total. The molecule has 0 aromatic carbocycles. The van der Waals surface area contributed by atoms with Crippen LogP contribution in [0, 0.1) is 10.4 Å². The molecule has 0 unspecified atom stereocenters. The van der Waals surface area contributed by atoms with Crippen LogP contribution in [-0.4, -0.2) is 23.4 Å². The number of hydrogen-bond donors (Lipinski definition) is 0. The molecule has 0 aromatic heterocycles. The summed E-state index contributed by atoms with van der Waals surface area (Å²) in [5, 5.41) is 20.3. The van der Waals surface area contributed by atoms with Crippen LogP contribution >= 0.6 is 0 Å². The molecule has 1 fully saturated rings. The normalized spacial score (nSPS) is 27.0. The second-order valence-electron chi connectivity index (χ2n) is 1.15. The molecule has 0 aliphatic carbocycles. The van der Waals surface area contributed by atoms with E-state index in [1.165, 1.54) is 0 Å². The minimum Gasteiger partial charge on any atom is -0.772 e. The zero-order chi connectivity index (χ0) is 4.57. The van der Waals surface area contributed by atoms with Crippen LogP contribution in [0.1, 0.15) is 0 Å². The highest BCUT2D eigenvalue weighted by Crippen LogP contribution is 2.01. The summed E-state index contributed by atoms with van der Waals surface area (Å²) in [6, 6.07) is 0. The Labute approximate surface area is 35.1 Å². The van der Waals surface area contributed by atoms with Crippen molar-refractivity contribution in [3.63, 3.8) is 0 Å². The molecule has 1 aliphatic rings. The first-order valence-electron chi connectivity index (χ1n) is 1.70. The van der Waals surface area contributed by atoms with Gasteiger partial charge in [0.15, 0.2) is 0 Å². The summed E-state index contributed by atoms with van der Waals surface area (Å²) in [4.78, 5) is 0. The van der Waals surface area contributed by atoms with Crippen molar-refractivity contribution in [2.24, 2.45) is 0 Å². The molecule has 0 aromatic rings. The van der Waals surface area contributed by atoms with E-state index in [9.17, 15) is 10.4 Å². The van der Waals surface area contributed by atoms with Crippen LogP contribution in [0.15, 0.2) is 0 Å².